The lowest BCUT2D eigenvalue weighted by atomic mass is 9.93. The molecule has 1 aliphatic rings. The molecule has 1 atom stereocenters. The molecule has 1 aliphatic heterocycles. The van der Waals surface area contributed by atoms with Gasteiger partial charge >= 0.3 is 5.97 Å². The Morgan fingerprint density at radius 2 is 1.81 bits per heavy atom. The molecule has 5 heteroatoms. The molecule has 132 valence electrons. The van der Waals surface area contributed by atoms with Crippen LogP contribution in [0.15, 0.2) is 67.0 Å². The van der Waals surface area contributed by atoms with Gasteiger partial charge in [0.2, 0.25) is 0 Å². The van der Waals surface area contributed by atoms with Gasteiger partial charge in [-0.2, -0.15) is 5.10 Å². The summed E-state index contributed by atoms with van der Waals surface area (Å²) in [5.41, 5.74) is 4.65. The standard InChI is InChI=1S/C21H21N3O2/c25-21(26)20-12-18-7-1-2-8-19(18)15-23(20)13-16-5-3-6-17(11-16)14-24-10-4-9-22-24/h1-11,20H,12-15H2,(H,25,26)/t20-/m1/s1. The minimum absolute atomic E-state index is 0.486. The van der Waals surface area contributed by atoms with Gasteiger partial charge in [-0.15, -0.1) is 0 Å². The average molecular weight is 347 g/mol. The molecule has 0 unspecified atom stereocenters. The lowest BCUT2D eigenvalue weighted by molar-refractivity contribution is -0.144. The molecular weight excluding hydrogens is 326 g/mol. The number of hydrogen-bond acceptors (Lipinski definition) is 3. The van der Waals surface area contributed by atoms with E-state index in [-0.39, 0.29) is 0 Å². The first kappa shape index (κ1) is 16.5. The van der Waals surface area contributed by atoms with Crippen LogP contribution in [0.2, 0.25) is 0 Å². The molecule has 0 saturated heterocycles. The summed E-state index contributed by atoms with van der Waals surface area (Å²) in [6.45, 7) is 2.00. The number of fused-ring (bicyclic) bond motifs is 1. The minimum Gasteiger partial charge on any atom is -0.480 e. The van der Waals surface area contributed by atoms with Crippen molar-refractivity contribution in [2.24, 2.45) is 0 Å². The third-order valence-corrected chi connectivity index (χ3v) is 4.91. The molecule has 0 saturated carbocycles. The first-order chi connectivity index (χ1) is 12.7. The quantitative estimate of drug-likeness (QED) is 0.771. The number of aromatic nitrogens is 2. The van der Waals surface area contributed by atoms with Gasteiger partial charge < -0.3 is 5.11 Å². The maximum atomic E-state index is 11.8. The predicted octanol–water partition coefficient (Wildman–Crippen LogP) is 2.94. The van der Waals surface area contributed by atoms with Crippen LogP contribution < -0.4 is 0 Å². The van der Waals surface area contributed by atoms with Crippen LogP contribution in [0.4, 0.5) is 0 Å². The predicted molar refractivity (Wildman–Crippen MR) is 98.6 cm³/mol. The van der Waals surface area contributed by atoms with Crippen molar-refractivity contribution in [1.29, 1.82) is 0 Å². The summed E-state index contributed by atoms with van der Waals surface area (Å²) in [5.74, 6) is -0.757. The van der Waals surface area contributed by atoms with E-state index >= 15 is 0 Å². The van der Waals surface area contributed by atoms with E-state index in [0.29, 0.717) is 26.1 Å². The van der Waals surface area contributed by atoms with E-state index in [1.807, 2.05) is 41.2 Å². The zero-order valence-electron chi connectivity index (χ0n) is 14.5. The second-order valence-electron chi connectivity index (χ2n) is 6.76. The van der Waals surface area contributed by atoms with Crippen LogP contribution in [-0.2, 0) is 30.8 Å². The number of nitrogens with zero attached hydrogens (tertiary/aromatic N) is 3. The SMILES string of the molecule is O=C(O)[C@H]1Cc2ccccc2CN1Cc1cccc(Cn2cccn2)c1. The van der Waals surface area contributed by atoms with E-state index < -0.39 is 12.0 Å². The Balaban J connectivity index is 1.54. The van der Waals surface area contributed by atoms with Crippen molar-refractivity contribution in [3.05, 3.63) is 89.2 Å². The maximum absolute atomic E-state index is 11.8. The second kappa shape index (κ2) is 7.14. The molecule has 0 fully saturated rings. The molecular formula is C21H21N3O2. The van der Waals surface area contributed by atoms with Gasteiger partial charge in [0.1, 0.15) is 6.04 Å². The highest BCUT2D eigenvalue weighted by atomic mass is 16.4. The fourth-order valence-corrected chi connectivity index (χ4v) is 3.63. The molecule has 1 aromatic heterocycles. The van der Waals surface area contributed by atoms with E-state index in [0.717, 1.165) is 16.7 Å². The summed E-state index contributed by atoms with van der Waals surface area (Å²) in [6.07, 6.45) is 4.26. The number of benzene rings is 2. The zero-order valence-corrected chi connectivity index (χ0v) is 14.5. The number of carboxylic acids is 1. The number of carboxylic acid groups (broad SMARTS) is 1. The third-order valence-electron chi connectivity index (χ3n) is 4.91. The summed E-state index contributed by atoms with van der Waals surface area (Å²) in [4.78, 5) is 13.8. The Kier molecular flexibility index (Phi) is 4.54. The molecule has 0 spiro atoms. The molecule has 3 aromatic rings. The van der Waals surface area contributed by atoms with Crippen molar-refractivity contribution in [3.8, 4) is 0 Å². The lowest BCUT2D eigenvalue weighted by Gasteiger charge is -2.34. The number of aliphatic carboxylic acids is 1. The van der Waals surface area contributed by atoms with Gasteiger partial charge in [0.05, 0.1) is 6.54 Å². The summed E-state index contributed by atoms with van der Waals surface area (Å²) < 4.78 is 1.89. The molecule has 0 aliphatic carbocycles. The van der Waals surface area contributed by atoms with Gasteiger partial charge in [0.25, 0.3) is 0 Å². The van der Waals surface area contributed by atoms with Crippen LogP contribution in [0, 0.1) is 0 Å². The Labute approximate surface area is 152 Å². The third kappa shape index (κ3) is 3.53. The van der Waals surface area contributed by atoms with Gasteiger partial charge in [-0.05, 0) is 34.7 Å². The van der Waals surface area contributed by atoms with Gasteiger partial charge in [-0.25, -0.2) is 0 Å². The van der Waals surface area contributed by atoms with Crippen molar-refractivity contribution < 1.29 is 9.90 Å². The monoisotopic (exact) mass is 347 g/mol. The number of carbonyl (C=O) groups is 1. The van der Waals surface area contributed by atoms with Crippen LogP contribution >= 0.6 is 0 Å². The molecule has 2 aromatic carbocycles. The maximum Gasteiger partial charge on any atom is 0.321 e. The number of rotatable bonds is 5. The van der Waals surface area contributed by atoms with E-state index in [1.165, 1.54) is 5.56 Å². The van der Waals surface area contributed by atoms with Crippen molar-refractivity contribution >= 4 is 5.97 Å². The van der Waals surface area contributed by atoms with Crippen LogP contribution in [-0.4, -0.2) is 31.8 Å². The first-order valence-electron chi connectivity index (χ1n) is 8.78. The first-order valence-corrected chi connectivity index (χ1v) is 8.78. The topological polar surface area (TPSA) is 58.4 Å². The van der Waals surface area contributed by atoms with E-state index in [9.17, 15) is 9.90 Å². The summed E-state index contributed by atoms with van der Waals surface area (Å²) >= 11 is 0. The van der Waals surface area contributed by atoms with Crippen LogP contribution in [0.5, 0.6) is 0 Å². The normalized spacial score (nSPS) is 17.0. The Bertz CT molecular complexity index is 905. The van der Waals surface area contributed by atoms with Gasteiger partial charge in [0, 0.05) is 25.5 Å². The van der Waals surface area contributed by atoms with Crippen molar-refractivity contribution in [3.63, 3.8) is 0 Å². The van der Waals surface area contributed by atoms with Crippen molar-refractivity contribution in [1.82, 2.24) is 14.7 Å². The van der Waals surface area contributed by atoms with Crippen molar-refractivity contribution in [2.45, 2.75) is 32.1 Å². The number of hydrogen-bond donors (Lipinski definition) is 1. The fourth-order valence-electron chi connectivity index (χ4n) is 3.63. The van der Waals surface area contributed by atoms with Crippen LogP contribution in [0.1, 0.15) is 22.3 Å². The molecule has 4 rings (SSSR count). The van der Waals surface area contributed by atoms with E-state index in [4.69, 9.17) is 0 Å². The Hall–Kier alpha value is -2.92. The zero-order chi connectivity index (χ0) is 17.9. The van der Waals surface area contributed by atoms with Gasteiger partial charge in [0.15, 0.2) is 0 Å². The molecule has 0 bridgehead atoms. The molecule has 0 amide bonds. The summed E-state index contributed by atoms with van der Waals surface area (Å²) in [5, 5.41) is 13.9. The highest BCUT2D eigenvalue weighted by Crippen LogP contribution is 2.25. The van der Waals surface area contributed by atoms with E-state index in [1.54, 1.807) is 6.20 Å². The lowest BCUT2D eigenvalue weighted by Crippen LogP contribution is -2.45. The van der Waals surface area contributed by atoms with Gasteiger partial charge in [-0.3, -0.25) is 14.4 Å². The molecule has 5 nitrogen and oxygen atoms in total. The van der Waals surface area contributed by atoms with E-state index in [2.05, 4.69) is 34.3 Å². The van der Waals surface area contributed by atoms with Crippen LogP contribution in [0.3, 0.4) is 0 Å². The molecule has 0 radical (unpaired) electrons. The van der Waals surface area contributed by atoms with Crippen LogP contribution in [0.25, 0.3) is 0 Å². The highest BCUT2D eigenvalue weighted by molar-refractivity contribution is 5.74. The largest absolute Gasteiger partial charge is 0.480 e. The minimum atomic E-state index is -0.757. The highest BCUT2D eigenvalue weighted by Gasteiger charge is 2.31. The van der Waals surface area contributed by atoms with Crippen molar-refractivity contribution in [2.75, 3.05) is 0 Å². The Morgan fingerprint density at radius 3 is 2.54 bits per heavy atom. The molecule has 1 N–H and O–H groups in total. The summed E-state index contributed by atoms with van der Waals surface area (Å²) in [6, 6.07) is 17.9. The average Bonchev–Trinajstić information content (AvgIpc) is 3.14. The smallest absolute Gasteiger partial charge is 0.321 e. The van der Waals surface area contributed by atoms with Gasteiger partial charge in [-0.1, -0.05) is 48.5 Å². The Morgan fingerprint density at radius 1 is 1.04 bits per heavy atom. The molecule has 26 heavy (non-hydrogen) atoms. The second-order valence-corrected chi connectivity index (χ2v) is 6.76. The summed E-state index contributed by atoms with van der Waals surface area (Å²) in [7, 11) is 0. The fraction of sp³-hybridized carbons (Fsp3) is 0.238. The molecule has 2 heterocycles.